The number of benzene rings is 4. The number of methoxy groups -OCH3 is 4. The number of unbranched alkanes of at least 4 members (excludes halogenated alkanes) is 2. The number of hydrogen-bond acceptors (Lipinski definition) is 15. The molecule has 0 amide bonds. The van der Waals surface area contributed by atoms with Crippen LogP contribution in [-0.2, 0) is 19.6 Å². The minimum atomic E-state index is -0.411. The predicted molar refractivity (Wildman–Crippen MR) is 254 cm³/mol. The molecule has 6 rings (SSSR count). The molecule has 0 spiro atoms. The van der Waals surface area contributed by atoms with Gasteiger partial charge in [0, 0.05) is 65.3 Å². The van der Waals surface area contributed by atoms with Gasteiger partial charge < -0.3 is 34.5 Å². The van der Waals surface area contributed by atoms with Crippen LogP contribution in [0.2, 0.25) is 0 Å². The van der Waals surface area contributed by atoms with Gasteiger partial charge in [0.05, 0.1) is 49.7 Å². The molecule has 0 saturated heterocycles. The molecule has 15 nitrogen and oxygen atoms in total. The Bertz CT molecular complexity index is 2370. The normalized spacial score (nSPS) is 10.5. The average molecular weight is 900 g/mol. The van der Waals surface area contributed by atoms with Crippen molar-refractivity contribution in [3.05, 3.63) is 127 Å². The van der Waals surface area contributed by atoms with Gasteiger partial charge in [-0.3, -0.25) is 20.2 Å². The van der Waals surface area contributed by atoms with E-state index in [0.717, 1.165) is 62.6 Å². The highest BCUT2D eigenvalue weighted by atomic mass is 32.1. The Morgan fingerprint density at radius 2 is 1.17 bits per heavy atom. The number of thiazole rings is 2. The summed E-state index contributed by atoms with van der Waals surface area (Å²) in [5, 5.41) is 32.2. The average Bonchev–Trinajstić information content (AvgIpc) is 3.95. The topological polar surface area (TPSA) is 176 Å². The van der Waals surface area contributed by atoms with Crippen LogP contribution in [0.5, 0.6) is 23.0 Å². The van der Waals surface area contributed by atoms with E-state index in [0.29, 0.717) is 41.8 Å². The van der Waals surface area contributed by atoms with E-state index in [-0.39, 0.29) is 16.3 Å². The fourth-order valence-corrected chi connectivity index (χ4v) is 7.97. The third kappa shape index (κ3) is 14.9. The number of ether oxygens (including phenoxy) is 4. The van der Waals surface area contributed by atoms with Gasteiger partial charge in [-0.15, -0.1) is 22.7 Å². The number of rotatable bonds is 20. The molecule has 336 valence electrons. The van der Waals surface area contributed by atoms with Crippen LogP contribution in [0, 0.1) is 20.2 Å². The second kappa shape index (κ2) is 25.6. The zero-order valence-corrected chi connectivity index (χ0v) is 38.8. The van der Waals surface area contributed by atoms with Gasteiger partial charge in [0.2, 0.25) is 0 Å². The van der Waals surface area contributed by atoms with Gasteiger partial charge in [-0.25, -0.2) is 9.97 Å². The second-order valence-electron chi connectivity index (χ2n) is 14.1. The molecule has 63 heavy (non-hydrogen) atoms. The predicted octanol–water partition coefficient (Wildman–Crippen LogP) is 11.7. The molecule has 0 radical (unpaired) electrons. The minimum absolute atomic E-state index is 0.0512. The maximum atomic E-state index is 11.2. The molecule has 0 aliphatic heterocycles. The van der Waals surface area contributed by atoms with Gasteiger partial charge in [0.15, 0.2) is 33.3 Å². The van der Waals surface area contributed by atoms with Crippen molar-refractivity contribution in [2.45, 2.75) is 66.1 Å². The fraction of sp³-hybridized carbons (Fsp3) is 0.348. The first-order valence-corrected chi connectivity index (χ1v) is 22.2. The van der Waals surface area contributed by atoms with Crippen molar-refractivity contribution in [3.8, 4) is 45.5 Å². The Kier molecular flexibility index (Phi) is 20.0. The lowest BCUT2D eigenvalue weighted by atomic mass is 10.1. The van der Waals surface area contributed by atoms with Crippen LogP contribution in [0.1, 0.15) is 62.5 Å². The molecular weight excluding hydrogens is 843 g/mol. The van der Waals surface area contributed by atoms with E-state index in [1.165, 1.54) is 48.8 Å². The smallest absolute Gasteiger partial charge is 0.270 e. The summed E-state index contributed by atoms with van der Waals surface area (Å²) in [4.78, 5) is 33.9. The second-order valence-corrected chi connectivity index (χ2v) is 16.1. The lowest BCUT2D eigenvalue weighted by Gasteiger charge is -2.14. The van der Waals surface area contributed by atoms with E-state index in [4.69, 9.17) is 23.9 Å². The van der Waals surface area contributed by atoms with Crippen molar-refractivity contribution in [1.29, 1.82) is 0 Å². The Hall–Kier alpha value is -6.30. The maximum absolute atomic E-state index is 11.2. The summed E-state index contributed by atoms with van der Waals surface area (Å²) in [5.41, 5.74) is 5.10. The summed E-state index contributed by atoms with van der Waals surface area (Å²) >= 11 is 3.02. The molecule has 4 aromatic carbocycles. The van der Waals surface area contributed by atoms with Crippen molar-refractivity contribution in [2.24, 2.45) is 0 Å². The molecule has 0 bridgehead atoms. The van der Waals surface area contributed by atoms with E-state index in [1.807, 2.05) is 47.8 Å². The van der Waals surface area contributed by atoms with Gasteiger partial charge in [-0.1, -0.05) is 76.4 Å². The molecule has 17 heteroatoms. The van der Waals surface area contributed by atoms with Gasteiger partial charge >= 0.3 is 0 Å². The number of hydrogen-bond donors (Lipinski definition) is 2. The molecule has 2 heterocycles. The molecule has 6 aromatic rings. The molecule has 0 aliphatic carbocycles. The molecular formula is C46H57N7O8S2. The zero-order chi connectivity index (χ0) is 45.7. The molecule has 0 fully saturated rings. The third-order valence-electron chi connectivity index (χ3n) is 9.39. The van der Waals surface area contributed by atoms with Crippen molar-refractivity contribution in [2.75, 3.05) is 52.7 Å². The minimum Gasteiger partial charge on any atom is -0.493 e. The Labute approximate surface area is 377 Å². The number of anilines is 2. The highest BCUT2D eigenvalue weighted by Crippen LogP contribution is 2.35. The van der Waals surface area contributed by atoms with E-state index in [9.17, 15) is 20.2 Å². The highest BCUT2D eigenvalue weighted by Gasteiger charge is 2.18. The van der Waals surface area contributed by atoms with Crippen LogP contribution in [-0.4, -0.2) is 66.7 Å². The third-order valence-corrected chi connectivity index (χ3v) is 11.2. The van der Waals surface area contributed by atoms with Crippen LogP contribution < -0.4 is 29.6 Å². The van der Waals surface area contributed by atoms with Crippen LogP contribution in [0.15, 0.2) is 90.3 Å². The lowest BCUT2D eigenvalue weighted by Crippen LogP contribution is -2.18. The van der Waals surface area contributed by atoms with Crippen LogP contribution >= 0.6 is 22.7 Å². The Morgan fingerprint density at radius 1 is 0.651 bits per heavy atom. The molecule has 0 saturated carbocycles. The first-order valence-electron chi connectivity index (χ1n) is 20.5. The number of nitrogens with zero attached hydrogens (tertiary/aromatic N) is 5. The first kappa shape index (κ1) is 49.4. The number of nitro groups is 2. The van der Waals surface area contributed by atoms with Crippen molar-refractivity contribution < 1.29 is 28.8 Å². The summed E-state index contributed by atoms with van der Waals surface area (Å²) < 4.78 is 21.2. The summed E-state index contributed by atoms with van der Waals surface area (Å²) in [5.74, 6) is 2.70. The molecule has 2 N–H and O–H groups in total. The monoisotopic (exact) mass is 899 g/mol. The maximum Gasteiger partial charge on any atom is 0.270 e. The van der Waals surface area contributed by atoms with Crippen molar-refractivity contribution >= 4 is 44.3 Å². The molecule has 0 atom stereocenters. The first-order chi connectivity index (χ1) is 30.5. The Morgan fingerprint density at radius 3 is 1.67 bits per heavy atom. The molecule has 2 aromatic heterocycles. The number of nitro benzene ring substituents is 2. The molecule has 0 unspecified atom stereocenters. The van der Waals surface area contributed by atoms with Crippen LogP contribution in [0.4, 0.5) is 21.6 Å². The van der Waals surface area contributed by atoms with Crippen molar-refractivity contribution in [1.82, 2.24) is 14.9 Å². The standard InChI is InChI=1S/C23H28N4O4S.C18H17N3O4S.C5H12/c1-5-11-26(2)15-21-22(17-7-6-8-18(13-17)27(28)29)25-23(32-21)24-14-16-9-10-19(30-3)20(12-16)31-4;1-24-16-7-6-12(8-17(16)25-2)10-19-18-20-15(11-26-18)13-4-3-5-14(9-13)21(22)23;1-3-5-4-2/h6-10,12-13H,5,11,14-15H2,1-4H3,(H,24,25);3-9,11H,10H2,1-2H3,(H,19,20);3-5H2,1-2H3. The Balaban J connectivity index is 0.000000254. The summed E-state index contributed by atoms with van der Waals surface area (Å²) in [6.07, 6.45) is 5.12. The van der Waals surface area contributed by atoms with Crippen LogP contribution in [0.3, 0.4) is 0 Å². The number of non-ortho nitro benzene ring substituents is 2. The van der Waals surface area contributed by atoms with E-state index < -0.39 is 4.92 Å². The lowest BCUT2D eigenvalue weighted by molar-refractivity contribution is -0.385. The van der Waals surface area contributed by atoms with Gasteiger partial charge in [-0.2, -0.15) is 0 Å². The number of nitrogens with one attached hydrogen (secondary N) is 2. The number of aromatic nitrogens is 2. The van der Waals surface area contributed by atoms with Crippen LogP contribution in [0.25, 0.3) is 22.5 Å². The highest BCUT2D eigenvalue weighted by molar-refractivity contribution is 7.16. The van der Waals surface area contributed by atoms with Gasteiger partial charge in [-0.05, 0) is 55.4 Å². The summed E-state index contributed by atoms with van der Waals surface area (Å²) in [7, 11) is 8.48. The SMILES string of the molecule is CCCCC.CCCN(C)Cc1sc(NCc2ccc(OC)c(OC)c2)nc1-c1cccc([N+](=O)[O-])c1.COc1ccc(CNc2nc(-c3cccc([N+](=O)[O-])c3)cs2)cc1OC. The van der Waals surface area contributed by atoms with E-state index in [2.05, 4.69) is 48.3 Å². The quantitative estimate of drug-likeness (QED) is 0.0547. The zero-order valence-electron chi connectivity index (χ0n) is 37.1. The largest absolute Gasteiger partial charge is 0.493 e. The van der Waals surface area contributed by atoms with E-state index in [1.54, 1.807) is 64.0 Å². The van der Waals surface area contributed by atoms with Gasteiger partial charge in [0.1, 0.15) is 0 Å². The summed E-state index contributed by atoms with van der Waals surface area (Å²) in [6, 6.07) is 24.6. The van der Waals surface area contributed by atoms with Crippen molar-refractivity contribution in [3.63, 3.8) is 0 Å². The van der Waals surface area contributed by atoms with Gasteiger partial charge in [0.25, 0.3) is 11.4 Å². The van der Waals surface area contributed by atoms with E-state index >= 15 is 0 Å². The molecule has 0 aliphatic rings. The fourth-order valence-electron chi connectivity index (χ4n) is 6.19. The summed E-state index contributed by atoms with van der Waals surface area (Å²) in [6.45, 7) is 9.38.